The lowest BCUT2D eigenvalue weighted by atomic mass is 9.96. The van der Waals surface area contributed by atoms with Gasteiger partial charge in [0.2, 0.25) is 0 Å². The molecule has 0 aliphatic carbocycles. The highest BCUT2D eigenvalue weighted by molar-refractivity contribution is 5.70. The van der Waals surface area contributed by atoms with E-state index in [1.807, 2.05) is 18.2 Å². The fourth-order valence-corrected chi connectivity index (χ4v) is 2.99. The number of pyridine rings is 1. The van der Waals surface area contributed by atoms with Gasteiger partial charge in [0, 0.05) is 30.7 Å². The molecule has 1 aliphatic rings. The van der Waals surface area contributed by atoms with Crippen molar-refractivity contribution in [2.45, 2.75) is 19.4 Å². The highest BCUT2D eigenvalue weighted by atomic mass is 16.5. The van der Waals surface area contributed by atoms with Crippen molar-refractivity contribution in [2.75, 3.05) is 20.8 Å². The van der Waals surface area contributed by atoms with E-state index in [0.29, 0.717) is 30.0 Å². The van der Waals surface area contributed by atoms with Gasteiger partial charge in [0.05, 0.1) is 19.9 Å². The lowest BCUT2D eigenvalue weighted by molar-refractivity contribution is 0.299. The maximum Gasteiger partial charge on any atom is 0.254 e. The molecule has 0 saturated carbocycles. The number of nitrogens with zero attached hydrogens (tertiary/aromatic N) is 1. The third kappa shape index (κ3) is 2.27. The van der Waals surface area contributed by atoms with Crippen LogP contribution in [0.3, 0.4) is 0 Å². The van der Waals surface area contributed by atoms with E-state index in [-0.39, 0.29) is 12.2 Å². The van der Waals surface area contributed by atoms with Gasteiger partial charge < -0.3 is 19.1 Å². The molecule has 0 unspecified atom stereocenters. The van der Waals surface area contributed by atoms with Gasteiger partial charge in [0.15, 0.2) is 11.5 Å². The highest BCUT2D eigenvalue weighted by Gasteiger charge is 2.21. The number of methoxy groups -OCH3 is 2. The Morgan fingerprint density at radius 3 is 2.59 bits per heavy atom. The first-order valence-corrected chi connectivity index (χ1v) is 7.28. The molecule has 2 heterocycles. The summed E-state index contributed by atoms with van der Waals surface area (Å²) in [5.74, 6) is 1.36. The Balaban J connectivity index is 2.18. The summed E-state index contributed by atoms with van der Waals surface area (Å²) in [6.45, 7) is 0.617. The maximum absolute atomic E-state index is 12.5. The molecular weight excluding hydrogens is 282 g/mol. The lowest BCUT2D eigenvalue weighted by Crippen LogP contribution is -2.29. The van der Waals surface area contributed by atoms with Gasteiger partial charge in [0.25, 0.3) is 5.56 Å². The van der Waals surface area contributed by atoms with E-state index in [9.17, 15) is 4.79 Å². The third-order valence-electron chi connectivity index (χ3n) is 4.12. The molecule has 3 rings (SSSR count). The first-order chi connectivity index (χ1) is 10.7. The topological polar surface area (TPSA) is 60.7 Å². The molecule has 116 valence electrons. The second kappa shape index (κ2) is 5.85. The van der Waals surface area contributed by atoms with E-state index < -0.39 is 0 Å². The second-order valence-electron chi connectivity index (χ2n) is 5.29. The Hall–Kier alpha value is -2.27. The van der Waals surface area contributed by atoms with Crippen LogP contribution in [0.15, 0.2) is 29.1 Å². The number of aryl methyl sites for hydroxylation is 1. The zero-order chi connectivity index (χ0) is 15.7. The molecule has 0 saturated heterocycles. The predicted molar refractivity (Wildman–Crippen MR) is 83.7 cm³/mol. The molecule has 1 N–H and O–H groups in total. The highest BCUT2D eigenvalue weighted by Crippen LogP contribution is 2.37. The van der Waals surface area contributed by atoms with Crippen LogP contribution in [0, 0.1) is 0 Å². The number of fused-ring (bicyclic) bond motifs is 3. The zero-order valence-corrected chi connectivity index (χ0v) is 12.8. The fraction of sp³-hybridized carbons (Fsp3) is 0.353. The molecule has 1 aromatic carbocycles. The second-order valence-corrected chi connectivity index (χ2v) is 5.29. The van der Waals surface area contributed by atoms with Crippen molar-refractivity contribution in [1.29, 1.82) is 0 Å². The van der Waals surface area contributed by atoms with Gasteiger partial charge in [-0.05, 0) is 30.2 Å². The molecule has 22 heavy (non-hydrogen) atoms. The first kappa shape index (κ1) is 14.7. The van der Waals surface area contributed by atoms with Crippen molar-refractivity contribution in [2.24, 2.45) is 0 Å². The molecule has 0 spiro atoms. The lowest BCUT2D eigenvalue weighted by Gasteiger charge is -2.24. The van der Waals surface area contributed by atoms with Crippen LogP contribution in [0.5, 0.6) is 11.5 Å². The average molecular weight is 301 g/mol. The maximum atomic E-state index is 12.5. The van der Waals surface area contributed by atoms with Gasteiger partial charge in [-0.2, -0.15) is 0 Å². The average Bonchev–Trinajstić information content (AvgIpc) is 2.55. The van der Waals surface area contributed by atoms with E-state index in [1.54, 1.807) is 24.9 Å². The zero-order valence-electron chi connectivity index (χ0n) is 12.8. The van der Waals surface area contributed by atoms with E-state index in [4.69, 9.17) is 14.6 Å². The molecule has 0 bridgehead atoms. The predicted octanol–water partition coefficient (Wildman–Crippen LogP) is 1.62. The summed E-state index contributed by atoms with van der Waals surface area (Å²) >= 11 is 0. The number of rotatable bonds is 4. The number of benzene rings is 1. The Labute approximate surface area is 128 Å². The van der Waals surface area contributed by atoms with E-state index in [2.05, 4.69) is 0 Å². The van der Waals surface area contributed by atoms with Gasteiger partial charge in [-0.15, -0.1) is 0 Å². The van der Waals surface area contributed by atoms with Crippen LogP contribution in [0.2, 0.25) is 0 Å². The molecule has 5 heteroatoms. The molecular formula is C17H19NO4. The Morgan fingerprint density at radius 2 is 1.91 bits per heavy atom. The van der Waals surface area contributed by atoms with E-state index in [1.165, 1.54) is 0 Å². The largest absolute Gasteiger partial charge is 0.493 e. The SMILES string of the molecule is COc1cc2c(cc1OC)-c1ccc(CCO)c(=O)n1CC2. The number of ether oxygens (including phenoxy) is 2. The van der Waals surface area contributed by atoms with Crippen LogP contribution >= 0.6 is 0 Å². The standard InChI is InChI=1S/C17H19NO4/c1-21-15-9-12-5-7-18-14(13(12)10-16(15)22-2)4-3-11(6-8-19)17(18)20/h3-4,9-10,19H,5-8H2,1-2H3. The molecule has 1 aromatic heterocycles. The fourth-order valence-electron chi connectivity index (χ4n) is 2.99. The van der Waals surface area contributed by atoms with Gasteiger partial charge >= 0.3 is 0 Å². The Morgan fingerprint density at radius 1 is 1.18 bits per heavy atom. The van der Waals surface area contributed by atoms with Crippen LogP contribution in [0.4, 0.5) is 0 Å². The summed E-state index contributed by atoms with van der Waals surface area (Å²) in [5.41, 5.74) is 3.65. The van der Waals surface area contributed by atoms with Crippen LogP contribution in [-0.2, 0) is 19.4 Å². The number of aliphatic hydroxyl groups is 1. The van der Waals surface area contributed by atoms with Crippen molar-refractivity contribution >= 4 is 0 Å². The van der Waals surface area contributed by atoms with Gasteiger partial charge in [-0.25, -0.2) is 0 Å². The summed E-state index contributed by atoms with van der Waals surface area (Å²) in [5, 5.41) is 9.05. The summed E-state index contributed by atoms with van der Waals surface area (Å²) < 4.78 is 12.5. The smallest absolute Gasteiger partial charge is 0.254 e. The summed E-state index contributed by atoms with van der Waals surface area (Å²) in [4.78, 5) is 12.5. The van der Waals surface area contributed by atoms with Crippen LogP contribution in [-0.4, -0.2) is 30.5 Å². The number of hydrogen-bond acceptors (Lipinski definition) is 4. The number of aliphatic hydroxyl groups excluding tert-OH is 1. The minimum atomic E-state index is -0.0213. The van der Waals surface area contributed by atoms with E-state index in [0.717, 1.165) is 23.2 Å². The van der Waals surface area contributed by atoms with Crippen molar-refractivity contribution < 1.29 is 14.6 Å². The monoisotopic (exact) mass is 301 g/mol. The van der Waals surface area contributed by atoms with Crippen LogP contribution in [0.1, 0.15) is 11.1 Å². The van der Waals surface area contributed by atoms with Gasteiger partial charge in [-0.1, -0.05) is 6.07 Å². The first-order valence-electron chi connectivity index (χ1n) is 7.28. The summed E-state index contributed by atoms with van der Waals surface area (Å²) in [7, 11) is 3.22. The molecule has 0 fully saturated rings. The normalized spacial score (nSPS) is 12.5. The number of aromatic nitrogens is 1. The summed E-state index contributed by atoms with van der Waals surface area (Å²) in [6, 6.07) is 7.64. The minimum absolute atomic E-state index is 0.0177. The third-order valence-corrected chi connectivity index (χ3v) is 4.12. The van der Waals surface area contributed by atoms with Crippen molar-refractivity contribution in [3.05, 3.63) is 45.7 Å². The molecule has 0 atom stereocenters. The molecule has 2 aromatic rings. The minimum Gasteiger partial charge on any atom is -0.493 e. The van der Waals surface area contributed by atoms with Gasteiger partial charge in [0.1, 0.15) is 0 Å². The van der Waals surface area contributed by atoms with Crippen LogP contribution in [0.25, 0.3) is 11.3 Å². The number of hydrogen-bond donors (Lipinski definition) is 1. The van der Waals surface area contributed by atoms with Crippen molar-refractivity contribution in [3.63, 3.8) is 0 Å². The Bertz CT molecular complexity index is 764. The van der Waals surface area contributed by atoms with E-state index >= 15 is 0 Å². The Kier molecular flexibility index (Phi) is 3.90. The van der Waals surface area contributed by atoms with Gasteiger partial charge in [-0.3, -0.25) is 4.79 Å². The summed E-state index contributed by atoms with van der Waals surface area (Å²) in [6.07, 6.45) is 1.16. The van der Waals surface area contributed by atoms with Crippen molar-refractivity contribution in [3.8, 4) is 22.8 Å². The quantitative estimate of drug-likeness (QED) is 0.932. The van der Waals surface area contributed by atoms with Crippen molar-refractivity contribution in [1.82, 2.24) is 4.57 Å². The van der Waals surface area contributed by atoms with Crippen LogP contribution < -0.4 is 15.0 Å². The molecule has 0 radical (unpaired) electrons. The molecule has 5 nitrogen and oxygen atoms in total. The molecule has 1 aliphatic heterocycles. The molecule has 0 amide bonds.